The molecule has 1 aromatic heterocycles. The SMILES string of the molecule is Cc1cc(C)c(NC(=O)c2ccccc2I)c(C)n1. The number of carbonyl (C=O) groups is 1. The Balaban J connectivity index is 2.32. The third kappa shape index (κ3) is 3.12. The van der Waals surface area contributed by atoms with Crippen LogP contribution in [-0.2, 0) is 0 Å². The molecule has 3 nitrogen and oxygen atoms in total. The number of amides is 1. The second kappa shape index (κ2) is 5.69. The summed E-state index contributed by atoms with van der Waals surface area (Å²) >= 11 is 2.16. The first kappa shape index (κ1) is 14.0. The van der Waals surface area contributed by atoms with E-state index in [9.17, 15) is 4.79 Å². The Morgan fingerprint density at radius 2 is 1.89 bits per heavy atom. The number of anilines is 1. The fourth-order valence-electron chi connectivity index (χ4n) is 2.04. The molecule has 0 fully saturated rings. The Hall–Kier alpha value is -1.43. The smallest absolute Gasteiger partial charge is 0.256 e. The van der Waals surface area contributed by atoms with Crippen LogP contribution >= 0.6 is 22.6 Å². The number of hydrogen-bond acceptors (Lipinski definition) is 2. The summed E-state index contributed by atoms with van der Waals surface area (Å²) in [6.45, 7) is 5.84. The van der Waals surface area contributed by atoms with Crippen molar-refractivity contribution in [1.29, 1.82) is 0 Å². The number of nitrogens with zero attached hydrogens (tertiary/aromatic N) is 1. The number of hydrogen-bond donors (Lipinski definition) is 1. The Morgan fingerprint density at radius 1 is 1.21 bits per heavy atom. The molecular formula is C15H15IN2O. The largest absolute Gasteiger partial charge is 0.320 e. The van der Waals surface area contributed by atoms with E-state index in [0.717, 1.165) is 26.2 Å². The maximum atomic E-state index is 12.3. The van der Waals surface area contributed by atoms with E-state index in [2.05, 4.69) is 32.9 Å². The molecular weight excluding hydrogens is 351 g/mol. The maximum absolute atomic E-state index is 12.3. The minimum atomic E-state index is -0.0955. The van der Waals surface area contributed by atoms with Crippen molar-refractivity contribution in [3.63, 3.8) is 0 Å². The van der Waals surface area contributed by atoms with Crippen LogP contribution < -0.4 is 5.32 Å². The van der Waals surface area contributed by atoms with Gasteiger partial charge in [0.2, 0.25) is 0 Å². The van der Waals surface area contributed by atoms with Gasteiger partial charge in [-0.25, -0.2) is 0 Å². The summed E-state index contributed by atoms with van der Waals surface area (Å²) in [5.74, 6) is -0.0955. The Bertz CT molecular complexity index is 615. The van der Waals surface area contributed by atoms with Gasteiger partial charge in [0, 0.05) is 9.26 Å². The highest BCUT2D eigenvalue weighted by Crippen LogP contribution is 2.21. The lowest BCUT2D eigenvalue weighted by Crippen LogP contribution is -2.15. The first-order valence-corrected chi connectivity index (χ1v) is 7.07. The van der Waals surface area contributed by atoms with Crippen LogP contribution in [0.15, 0.2) is 30.3 Å². The van der Waals surface area contributed by atoms with Crippen molar-refractivity contribution in [3.05, 3.63) is 56.4 Å². The van der Waals surface area contributed by atoms with Crippen LogP contribution in [0.2, 0.25) is 0 Å². The summed E-state index contributed by atoms with van der Waals surface area (Å²) in [5, 5.41) is 2.96. The minimum Gasteiger partial charge on any atom is -0.320 e. The predicted molar refractivity (Wildman–Crippen MR) is 85.6 cm³/mol. The molecule has 0 saturated heterocycles. The molecule has 1 N–H and O–H groups in total. The van der Waals surface area contributed by atoms with Gasteiger partial charge in [0.25, 0.3) is 5.91 Å². The molecule has 0 aliphatic rings. The molecule has 1 heterocycles. The average molecular weight is 366 g/mol. The molecule has 19 heavy (non-hydrogen) atoms. The Labute approximate surface area is 126 Å². The third-order valence-corrected chi connectivity index (χ3v) is 3.82. The summed E-state index contributed by atoms with van der Waals surface area (Å²) in [7, 11) is 0. The van der Waals surface area contributed by atoms with Crippen molar-refractivity contribution in [2.45, 2.75) is 20.8 Å². The normalized spacial score (nSPS) is 10.3. The van der Waals surface area contributed by atoms with E-state index in [0.29, 0.717) is 5.56 Å². The van der Waals surface area contributed by atoms with Crippen LogP contribution in [0.3, 0.4) is 0 Å². The second-order valence-corrected chi connectivity index (χ2v) is 5.64. The van der Waals surface area contributed by atoms with Gasteiger partial charge in [-0.3, -0.25) is 9.78 Å². The van der Waals surface area contributed by atoms with E-state index in [1.165, 1.54) is 0 Å². The average Bonchev–Trinajstić information content (AvgIpc) is 2.34. The van der Waals surface area contributed by atoms with Crippen molar-refractivity contribution in [2.24, 2.45) is 0 Å². The van der Waals surface area contributed by atoms with Gasteiger partial charge in [-0.1, -0.05) is 12.1 Å². The summed E-state index contributed by atoms with van der Waals surface area (Å²) in [4.78, 5) is 16.7. The molecule has 98 valence electrons. The summed E-state index contributed by atoms with van der Waals surface area (Å²) in [6, 6.07) is 9.50. The number of aromatic nitrogens is 1. The number of nitrogens with one attached hydrogen (secondary N) is 1. The molecule has 0 saturated carbocycles. The topological polar surface area (TPSA) is 42.0 Å². The molecule has 0 aliphatic carbocycles. The number of carbonyl (C=O) groups excluding carboxylic acids is 1. The molecule has 0 radical (unpaired) electrons. The maximum Gasteiger partial charge on any atom is 0.256 e. The molecule has 0 atom stereocenters. The third-order valence-electron chi connectivity index (χ3n) is 2.88. The number of pyridine rings is 1. The summed E-state index contributed by atoms with van der Waals surface area (Å²) < 4.78 is 0.938. The zero-order valence-corrected chi connectivity index (χ0v) is 13.3. The van der Waals surface area contributed by atoms with Crippen LogP contribution in [0, 0.1) is 24.3 Å². The zero-order chi connectivity index (χ0) is 14.0. The first-order chi connectivity index (χ1) is 8.99. The van der Waals surface area contributed by atoms with E-state index in [4.69, 9.17) is 0 Å². The molecule has 4 heteroatoms. The lowest BCUT2D eigenvalue weighted by Gasteiger charge is -2.12. The number of halogens is 1. The van der Waals surface area contributed by atoms with E-state index < -0.39 is 0 Å². The lowest BCUT2D eigenvalue weighted by atomic mass is 10.1. The fraction of sp³-hybridized carbons (Fsp3) is 0.200. The fourth-order valence-corrected chi connectivity index (χ4v) is 2.67. The predicted octanol–water partition coefficient (Wildman–Crippen LogP) is 3.86. The molecule has 2 aromatic rings. The van der Waals surface area contributed by atoms with Crippen molar-refractivity contribution >= 4 is 34.2 Å². The van der Waals surface area contributed by atoms with Gasteiger partial charge < -0.3 is 5.32 Å². The molecule has 0 bridgehead atoms. The second-order valence-electron chi connectivity index (χ2n) is 4.47. The quantitative estimate of drug-likeness (QED) is 0.821. The Kier molecular flexibility index (Phi) is 4.19. The molecule has 1 amide bonds. The van der Waals surface area contributed by atoms with Crippen molar-refractivity contribution < 1.29 is 4.79 Å². The van der Waals surface area contributed by atoms with Crippen molar-refractivity contribution in [3.8, 4) is 0 Å². The van der Waals surface area contributed by atoms with Gasteiger partial charge in [0.1, 0.15) is 0 Å². The number of benzene rings is 1. The van der Waals surface area contributed by atoms with Gasteiger partial charge >= 0.3 is 0 Å². The van der Waals surface area contributed by atoms with Crippen LogP contribution in [0.1, 0.15) is 27.3 Å². The van der Waals surface area contributed by atoms with Crippen LogP contribution in [0.5, 0.6) is 0 Å². The Morgan fingerprint density at radius 3 is 2.53 bits per heavy atom. The first-order valence-electron chi connectivity index (χ1n) is 6.00. The van der Waals surface area contributed by atoms with Crippen LogP contribution in [-0.4, -0.2) is 10.9 Å². The summed E-state index contributed by atoms with van der Waals surface area (Å²) in [5.41, 5.74) is 4.32. The van der Waals surface area contributed by atoms with Gasteiger partial charge in [-0.15, -0.1) is 0 Å². The number of aryl methyl sites for hydroxylation is 3. The van der Waals surface area contributed by atoms with Gasteiger partial charge in [-0.05, 0) is 67.1 Å². The zero-order valence-electron chi connectivity index (χ0n) is 11.1. The lowest BCUT2D eigenvalue weighted by molar-refractivity contribution is 0.102. The highest BCUT2D eigenvalue weighted by molar-refractivity contribution is 14.1. The molecule has 0 unspecified atom stereocenters. The van der Waals surface area contributed by atoms with Gasteiger partial charge in [0.15, 0.2) is 0 Å². The van der Waals surface area contributed by atoms with Crippen LogP contribution in [0.25, 0.3) is 0 Å². The highest BCUT2D eigenvalue weighted by atomic mass is 127. The molecule has 1 aromatic carbocycles. The summed E-state index contributed by atoms with van der Waals surface area (Å²) in [6.07, 6.45) is 0. The van der Waals surface area contributed by atoms with E-state index in [1.807, 2.05) is 51.1 Å². The number of rotatable bonds is 2. The van der Waals surface area contributed by atoms with Crippen molar-refractivity contribution in [1.82, 2.24) is 4.98 Å². The molecule has 2 rings (SSSR count). The van der Waals surface area contributed by atoms with E-state index >= 15 is 0 Å². The van der Waals surface area contributed by atoms with Crippen LogP contribution in [0.4, 0.5) is 5.69 Å². The highest BCUT2D eigenvalue weighted by Gasteiger charge is 2.13. The van der Waals surface area contributed by atoms with E-state index in [-0.39, 0.29) is 5.91 Å². The monoisotopic (exact) mass is 366 g/mol. The van der Waals surface area contributed by atoms with E-state index in [1.54, 1.807) is 0 Å². The molecule has 0 aliphatic heterocycles. The minimum absolute atomic E-state index is 0.0955. The van der Waals surface area contributed by atoms with Crippen molar-refractivity contribution in [2.75, 3.05) is 5.32 Å². The van der Waals surface area contributed by atoms with Gasteiger partial charge in [0.05, 0.1) is 16.9 Å². The van der Waals surface area contributed by atoms with Gasteiger partial charge in [-0.2, -0.15) is 0 Å². The standard InChI is InChI=1S/C15H15IN2O/c1-9-8-10(2)17-11(3)14(9)18-15(19)12-6-4-5-7-13(12)16/h4-8H,1-3H3,(H,18,19). The molecule has 0 spiro atoms.